The van der Waals surface area contributed by atoms with Crippen molar-refractivity contribution in [1.82, 2.24) is 9.97 Å². The Morgan fingerprint density at radius 2 is 1.22 bits per heavy atom. The highest BCUT2D eigenvalue weighted by Gasteiger charge is 2.17. The maximum absolute atomic E-state index is 6.10. The molecule has 0 aliphatic heterocycles. The quantitative estimate of drug-likeness (QED) is 0.353. The van der Waals surface area contributed by atoms with E-state index in [-0.39, 0.29) is 0 Å². The van der Waals surface area contributed by atoms with Gasteiger partial charge in [-0.05, 0) is 12.1 Å². The molecule has 2 heterocycles. The van der Waals surface area contributed by atoms with Gasteiger partial charge in [0.2, 0.25) is 0 Å². The molecule has 132 valence electrons. The van der Waals surface area contributed by atoms with Crippen LogP contribution in [0.3, 0.4) is 0 Å². The van der Waals surface area contributed by atoms with Crippen LogP contribution in [0.2, 0.25) is 0 Å². The highest BCUT2D eigenvalue weighted by atomic mass is 16.3. The Morgan fingerprint density at radius 3 is 1.93 bits per heavy atom. The molecule has 0 N–H and O–H groups in total. The minimum atomic E-state index is 0.707. The minimum Gasteiger partial charge on any atom is -0.452 e. The molecule has 0 saturated carbocycles. The van der Waals surface area contributed by atoms with E-state index in [1.807, 2.05) is 98.8 Å². The fourth-order valence-electron chi connectivity index (χ4n) is 3.10. The van der Waals surface area contributed by atoms with Crippen LogP contribution in [-0.2, 0) is 0 Å². The lowest BCUT2D eigenvalue weighted by Crippen LogP contribution is -1.93. The molecule has 0 saturated heterocycles. The molecule has 3 nitrogen and oxygen atoms in total. The first-order valence-electron chi connectivity index (χ1n) is 9.20. The Hall–Kier alpha value is -3.46. The highest BCUT2D eigenvalue weighted by Crippen LogP contribution is 2.35. The monoisotopic (exact) mass is 352 g/mol. The predicted octanol–water partition coefficient (Wildman–Crippen LogP) is 6.74. The molecule has 0 bridgehead atoms. The molecule has 5 rings (SSSR count). The smallest absolute Gasteiger partial charge is 0.180 e. The van der Waals surface area contributed by atoms with Crippen molar-refractivity contribution in [3.63, 3.8) is 0 Å². The van der Waals surface area contributed by atoms with Gasteiger partial charge in [-0.1, -0.05) is 86.6 Å². The second-order valence-corrected chi connectivity index (χ2v) is 5.90. The van der Waals surface area contributed by atoms with E-state index in [0.29, 0.717) is 5.82 Å². The van der Waals surface area contributed by atoms with Crippen molar-refractivity contribution < 1.29 is 4.42 Å². The summed E-state index contributed by atoms with van der Waals surface area (Å²) in [4.78, 5) is 9.65. The summed E-state index contributed by atoms with van der Waals surface area (Å²) in [6.45, 7) is 4.00. The molecule has 0 aliphatic carbocycles. The largest absolute Gasteiger partial charge is 0.452 e. The van der Waals surface area contributed by atoms with Gasteiger partial charge in [-0.2, -0.15) is 0 Å². The van der Waals surface area contributed by atoms with Crippen molar-refractivity contribution in [2.45, 2.75) is 13.8 Å². The summed E-state index contributed by atoms with van der Waals surface area (Å²) >= 11 is 0. The average molecular weight is 352 g/mol. The summed E-state index contributed by atoms with van der Waals surface area (Å²) in [5.41, 5.74) is 5.24. The van der Waals surface area contributed by atoms with Crippen LogP contribution in [0.5, 0.6) is 0 Å². The van der Waals surface area contributed by atoms with Crippen molar-refractivity contribution >= 4 is 22.1 Å². The van der Waals surface area contributed by atoms with E-state index in [0.717, 1.165) is 38.9 Å². The number of hydrogen-bond donors (Lipinski definition) is 0. The molecule has 2 aromatic heterocycles. The number of aromatic nitrogens is 2. The van der Waals surface area contributed by atoms with E-state index >= 15 is 0 Å². The number of para-hydroxylation sites is 1. The van der Waals surface area contributed by atoms with Gasteiger partial charge in [0, 0.05) is 16.5 Å². The average Bonchev–Trinajstić information content (AvgIpc) is 3.14. The molecule has 0 radical (unpaired) electrons. The first-order valence-corrected chi connectivity index (χ1v) is 9.20. The molecule has 27 heavy (non-hydrogen) atoms. The van der Waals surface area contributed by atoms with E-state index in [4.69, 9.17) is 14.4 Å². The van der Waals surface area contributed by atoms with Gasteiger partial charge in [-0.15, -0.1) is 0 Å². The maximum atomic E-state index is 6.10. The van der Waals surface area contributed by atoms with Gasteiger partial charge >= 0.3 is 0 Å². The van der Waals surface area contributed by atoms with E-state index in [9.17, 15) is 0 Å². The number of furan rings is 1. The fraction of sp³-hybridized carbons (Fsp3) is 0.0833. The van der Waals surface area contributed by atoms with Crippen LogP contribution >= 0.6 is 0 Å². The van der Waals surface area contributed by atoms with Gasteiger partial charge in [0.15, 0.2) is 11.4 Å². The van der Waals surface area contributed by atoms with Gasteiger partial charge in [-0.3, -0.25) is 0 Å². The first-order chi connectivity index (χ1) is 13.4. The molecule has 0 amide bonds. The molecule has 3 heteroatoms. The Labute approximate surface area is 158 Å². The molecule has 0 spiro atoms. The number of rotatable bonds is 2. The standard InChI is InChI=1S/C22H14N2O.C2H6/c1-3-9-15(10-4-1)19-21-20(17-13-7-8-14-18(17)25-21)24-22(23-19)16-11-5-2-6-12-16;1-2/h1-14H;1-2H3. The van der Waals surface area contributed by atoms with Crippen LogP contribution in [-0.4, -0.2) is 9.97 Å². The van der Waals surface area contributed by atoms with E-state index in [1.165, 1.54) is 0 Å². The first kappa shape index (κ1) is 17.0. The topological polar surface area (TPSA) is 38.9 Å². The van der Waals surface area contributed by atoms with Gasteiger partial charge in [0.1, 0.15) is 16.8 Å². The molecule has 3 aromatic carbocycles. The summed E-state index contributed by atoms with van der Waals surface area (Å²) in [6.07, 6.45) is 0. The third-order valence-electron chi connectivity index (χ3n) is 4.30. The summed E-state index contributed by atoms with van der Waals surface area (Å²) in [5.74, 6) is 0.707. The van der Waals surface area contributed by atoms with E-state index < -0.39 is 0 Å². The van der Waals surface area contributed by atoms with Gasteiger partial charge in [0.25, 0.3) is 0 Å². The normalized spacial score (nSPS) is 10.6. The molecule has 0 unspecified atom stereocenters. The van der Waals surface area contributed by atoms with Crippen LogP contribution in [0.4, 0.5) is 0 Å². The Balaban J connectivity index is 0.000000872. The third kappa shape index (κ3) is 3.08. The molecule has 0 atom stereocenters. The highest BCUT2D eigenvalue weighted by molar-refractivity contribution is 6.07. The number of hydrogen-bond acceptors (Lipinski definition) is 3. The number of fused-ring (bicyclic) bond motifs is 3. The second kappa shape index (κ2) is 7.42. The maximum Gasteiger partial charge on any atom is 0.180 e. The zero-order chi connectivity index (χ0) is 18.6. The van der Waals surface area contributed by atoms with Crippen LogP contribution in [0.25, 0.3) is 44.7 Å². The molecular formula is C24H20N2O. The summed E-state index contributed by atoms with van der Waals surface area (Å²) in [7, 11) is 0. The predicted molar refractivity (Wildman–Crippen MR) is 112 cm³/mol. The Morgan fingerprint density at radius 1 is 0.630 bits per heavy atom. The molecular weight excluding hydrogens is 332 g/mol. The van der Waals surface area contributed by atoms with E-state index in [2.05, 4.69) is 0 Å². The van der Waals surface area contributed by atoms with Crippen LogP contribution in [0.15, 0.2) is 89.3 Å². The minimum absolute atomic E-state index is 0.707. The number of nitrogens with zero attached hydrogens (tertiary/aromatic N) is 2. The summed E-state index contributed by atoms with van der Waals surface area (Å²) in [5, 5.41) is 1.01. The second-order valence-electron chi connectivity index (χ2n) is 5.90. The van der Waals surface area contributed by atoms with Crippen molar-refractivity contribution in [2.24, 2.45) is 0 Å². The lowest BCUT2D eigenvalue weighted by Gasteiger charge is -2.05. The lowest BCUT2D eigenvalue weighted by molar-refractivity contribution is 0.667. The lowest BCUT2D eigenvalue weighted by atomic mass is 10.1. The number of benzene rings is 3. The summed E-state index contributed by atoms with van der Waals surface area (Å²) in [6, 6.07) is 28.1. The zero-order valence-electron chi connectivity index (χ0n) is 15.4. The SMILES string of the molecule is CC.c1ccc(-c2nc(-c3ccccc3)c3oc4ccccc4c3n2)cc1. The fourth-order valence-corrected chi connectivity index (χ4v) is 3.10. The summed E-state index contributed by atoms with van der Waals surface area (Å²) < 4.78 is 6.10. The van der Waals surface area contributed by atoms with Crippen LogP contribution < -0.4 is 0 Å². The van der Waals surface area contributed by atoms with Gasteiger partial charge in [-0.25, -0.2) is 9.97 Å². The van der Waals surface area contributed by atoms with Crippen molar-refractivity contribution in [3.8, 4) is 22.6 Å². The van der Waals surface area contributed by atoms with Crippen molar-refractivity contribution in [1.29, 1.82) is 0 Å². The van der Waals surface area contributed by atoms with Crippen LogP contribution in [0, 0.1) is 0 Å². The van der Waals surface area contributed by atoms with Gasteiger partial charge in [0.05, 0.1) is 0 Å². The van der Waals surface area contributed by atoms with Crippen molar-refractivity contribution in [3.05, 3.63) is 84.9 Å². The Bertz CT molecular complexity index is 1180. The molecule has 0 fully saturated rings. The van der Waals surface area contributed by atoms with Crippen molar-refractivity contribution in [2.75, 3.05) is 0 Å². The van der Waals surface area contributed by atoms with Gasteiger partial charge < -0.3 is 4.42 Å². The van der Waals surface area contributed by atoms with Crippen LogP contribution in [0.1, 0.15) is 13.8 Å². The Kier molecular flexibility index (Phi) is 4.67. The molecule has 0 aliphatic rings. The van der Waals surface area contributed by atoms with E-state index in [1.54, 1.807) is 0 Å². The molecule has 5 aromatic rings. The third-order valence-corrected chi connectivity index (χ3v) is 4.30. The zero-order valence-corrected chi connectivity index (χ0v) is 15.4.